The largest absolute Gasteiger partial charge is 0.491 e. The fourth-order valence-corrected chi connectivity index (χ4v) is 4.15. The Labute approximate surface area is 160 Å². The highest BCUT2D eigenvalue weighted by molar-refractivity contribution is 7.89. The molecular formula is C19H27N3O4S. The van der Waals surface area contributed by atoms with E-state index in [9.17, 15) is 8.42 Å². The average Bonchev–Trinajstić information content (AvgIpc) is 3.28. The van der Waals surface area contributed by atoms with Gasteiger partial charge in [0.05, 0.1) is 11.8 Å². The molecule has 1 aromatic carbocycles. The molecule has 1 atom stereocenters. The van der Waals surface area contributed by atoms with Crippen molar-refractivity contribution in [2.75, 3.05) is 13.2 Å². The van der Waals surface area contributed by atoms with Crippen LogP contribution in [0, 0.1) is 6.92 Å². The molecule has 3 rings (SSSR count). The Balaban J connectivity index is 1.62. The SMILES string of the molecule is Cc1nn(C(C)C)cc1S(=O)(=O)NCc1cccc(OC[C@H]2CCCO2)c1. The number of ether oxygens (including phenoxy) is 2. The summed E-state index contributed by atoms with van der Waals surface area (Å²) in [4.78, 5) is 0.210. The predicted molar refractivity (Wildman–Crippen MR) is 102 cm³/mol. The summed E-state index contributed by atoms with van der Waals surface area (Å²) >= 11 is 0. The molecule has 2 aromatic rings. The van der Waals surface area contributed by atoms with Crippen LogP contribution in [0.25, 0.3) is 0 Å². The van der Waals surface area contributed by atoms with Gasteiger partial charge in [0, 0.05) is 25.4 Å². The molecule has 8 heteroatoms. The highest BCUT2D eigenvalue weighted by Crippen LogP contribution is 2.19. The fraction of sp³-hybridized carbons (Fsp3) is 0.526. The minimum Gasteiger partial charge on any atom is -0.491 e. The van der Waals surface area contributed by atoms with E-state index in [2.05, 4.69) is 9.82 Å². The van der Waals surface area contributed by atoms with E-state index in [0.29, 0.717) is 18.1 Å². The van der Waals surface area contributed by atoms with Crippen LogP contribution in [-0.4, -0.2) is 37.5 Å². The van der Waals surface area contributed by atoms with Crippen LogP contribution in [0.3, 0.4) is 0 Å². The van der Waals surface area contributed by atoms with E-state index in [1.165, 1.54) is 0 Å². The molecule has 1 fully saturated rings. The number of nitrogens with zero attached hydrogens (tertiary/aromatic N) is 2. The van der Waals surface area contributed by atoms with Crippen molar-refractivity contribution in [2.24, 2.45) is 0 Å². The second-order valence-electron chi connectivity index (χ2n) is 7.07. The van der Waals surface area contributed by atoms with Crippen LogP contribution in [0.2, 0.25) is 0 Å². The summed E-state index contributed by atoms with van der Waals surface area (Å²) in [5, 5.41) is 4.27. The summed E-state index contributed by atoms with van der Waals surface area (Å²) in [6.45, 7) is 7.11. The molecular weight excluding hydrogens is 366 g/mol. The zero-order valence-electron chi connectivity index (χ0n) is 16.0. The second kappa shape index (κ2) is 8.41. The number of sulfonamides is 1. The molecule has 1 aliphatic rings. The summed E-state index contributed by atoms with van der Waals surface area (Å²) in [7, 11) is -3.63. The topological polar surface area (TPSA) is 82.5 Å². The molecule has 0 radical (unpaired) electrons. The van der Waals surface area contributed by atoms with Crippen molar-refractivity contribution in [3.63, 3.8) is 0 Å². The van der Waals surface area contributed by atoms with Crippen molar-refractivity contribution in [3.8, 4) is 5.75 Å². The first-order valence-corrected chi connectivity index (χ1v) is 10.7. The lowest BCUT2D eigenvalue weighted by Gasteiger charge is -2.12. The van der Waals surface area contributed by atoms with Crippen LogP contribution in [0.15, 0.2) is 35.4 Å². The lowest BCUT2D eigenvalue weighted by molar-refractivity contribution is 0.0679. The molecule has 148 valence electrons. The van der Waals surface area contributed by atoms with Crippen molar-refractivity contribution in [2.45, 2.75) is 57.2 Å². The van der Waals surface area contributed by atoms with Gasteiger partial charge in [-0.15, -0.1) is 0 Å². The third-order valence-corrected chi connectivity index (χ3v) is 6.02. The van der Waals surface area contributed by atoms with E-state index < -0.39 is 10.0 Å². The smallest absolute Gasteiger partial charge is 0.244 e. The number of benzene rings is 1. The maximum absolute atomic E-state index is 12.6. The van der Waals surface area contributed by atoms with Gasteiger partial charge in [-0.3, -0.25) is 4.68 Å². The standard InChI is InChI=1S/C19H27N3O4S/c1-14(2)22-12-19(15(3)21-22)27(23,24)20-11-16-6-4-7-17(10-16)26-13-18-8-5-9-25-18/h4,6-7,10,12,14,18,20H,5,8-9,11,13H2,1-3H3/t18-/m1/s1. The lowest BCUT2D eigenvalue weighted by Crippen LogP contribution is -2.23. The maximum atomic E-state index is 12.6. The Morgan fingerprint density at radius 2 is 2.22 bits per heavy atom. The molecule has 1 saturated heterocycles. The number of rotatable bonds is 8. The Kier molecular flexibility index (Phi) is 6.18. The van der Waals surface area contributed by atoms with Crippen molar-refractivity contribution in [3.05, 3.63) is 41.7 Å². The van der Waals surface area contributed by atoms with Crippen LogP contribution >= 0.6 is 0 Å². The molecule has 0 unspecified atom stereocenters. The van der Waals surface area contributed by atoms with E-state index in [0.717, 1.165) is 25.0 Å². The number of aromatic nitrogens is 2. The number of hydrogen-bond donors (Lipinski definition) is 1. The fourth-order valence-electron chi connectivity index (χ4n) is 2.96. The van der Waals surface area contributed by atoms with Crippen molar-refractivity contribution >= 4 is 10.0 Å². The predicted octanol–water partition coefficient (Wildman–Crippen LogP) is 2.81. The summed E-state index contributed by atoms with van der Waals surface area (Å²) in [5.41, 5.74) is 1.32. The van der Waals surface area contributed by atoms with Gasteiger partial charge in [-0.25, -0.2) is 13.1 Å². The van der Waals surface area contributed by atoms with Gasteiger partial charge >= 0.3 is 0 Å². The van der Waals surface area contributed by atoms with Crippen LogP contribution in [0.4, 0.5) is 0 Å². The summed E-state index contributed by atoms with van der Waals surface area (Å²) in [6, 6.07) is 7.54. The molecule has 0 spiro atoms. The van der Waals surface area contributed by atoms with Gasteiger partial charge in [0.1, 0.15) is 17.3 Å². The zero-order valence-corrected chi connectivity index (χ0v) is 16.8. The molecule has 7 nitrogen and oxygen atoms in total. The minimum atomic E-state index is -3.63. The number of nitrogens with one attached hydrogen (secondary N) is 1. The molecule has 0 bridgehead atoms. The molecule has 1 N–H and O–H groups in total. The van der Waals surface area contributed by atoms with Crippen molar-refractivity contribution < 1.29 is 17.9 Å². The highest BCUT2D eigenvalue weighted by atomic mass is 32.2. The van der Waals surface area contributed by atoms with Crippen molar-refractivity contribution in [1.82, 2.24) is 14.5 Å². The van der Waals surface area contributed by atoms with Gasteiger partial charge in [-0.2, -0.15) is 5.10 Å². The van der Waals surface area contributed by atoms with E-state index >= 15 is 0 Å². The molecule has 2 heterocycles. The average molecular weight is 394 g/mol. The summed E-state index contributed by atoms with van der Waals surface area (Å²) in [5.74, 6) is 0.714. The molecule has 0 amide bonds. The van der Waals surface area contributed by atoms with Gasteiger partial charge in [0.15, 0.2) is 0 Å². The number of aryl methyl sites for hydroxylation is 1. The van der Waals surface area contributed by atoms with Gasteiger partial charge in [-0.05, 0) is 51.3 Å². The monoisotopic (exact) mass is 393 g/mol. The first-order valence-electron chi connectivity index (χ1n) is 9.24. The highest BCUT2D eigenvalue weighted by Gasteiger charge is 2.21. The maximum Gasteiger partial charge on any atom is 0.244 e. The van der Waals surface area contributed by atoms with Crippen LogP contribution in [0.1, 0.15) is 44.0 Å². The Morgan fingerprint density at radius 3 is 2.89 bits per heavy atom. The quantitative estimate of drug-likeness (QED) is 0.746. The third kappa shape index (κ3) is 5.09. The van der Waals surface area contributed by atoms with E-state index in [1.54, 1.807) is 17.8 Å². The normalized spacial score (nSPS) is 17.6. The summed E-state index contributed by atoms with van der Waals surface area (Å²) < 4.78 is 40.9. The van der Waals surface area contributed by atoms with Crippen molar-refractivity contribution in [1.29, 1.82) is 0 Å². The molecule has 0 saturated carbocycles. The second-order valence-corrected chi connectivity index (χ2v) is 8.81. The van der Waals surface area contributed by atoms with E-state index in [1.807, 2.05) is 38.1 Å². The minimum absolute atomic E-state index is 0.102. The number of hydrogen-bond acceptors (Lipinski definition) is 5. The van der Waals surface area contributed by atoms with Crippen LogP contribution in [0.5, 0.6) is 5.75 Å². The molecule has 27 heavy (non-hydrogen) atoms. The van der Waals surface area contributed by atoms with Gasteiger partial charge in [0.25, 0.3) is 0 Å². The van der Waals surface area contributed by atoms with E-state index in [-0.39, 0.29) is 23.6 Å². The van der Waals surface area contributed by atoms with E-state index in [4.69, 9.17) is 9.47 Å². The van der Waals surface area contributed by atoms with Crippen LogP contribution < -0.4 is 9.46 Å². The molecule has 1 aliphatic heterocycles. The third-order valence-electron chi connectivity index (χ3n) is 4.51. The summed E-state index contributed by atoms with van der Waals surface area (Å²) in [6.07, 6.45) is 3.81. The van der Waals surface area contributed by atoms with Gasteiger partial charge in [-0.1, -0.05) is 12.1 Å². The van der Waals surface area contributed by atoms with Gasteiger partial charge in [0.2, 0.25) is 10.0 Å². The molecule has 0 aliphatic carbocycles. The Bertz CT molecular complexity index is 871. The zero-order chi connectivity index (χ0) is 19.4. The first-order chi connectivity index (χ1) is 12.8. The lowest BCUT2D eigenvalue weighted by atomic mass is 10.2. The molecule has 1 aromatic heterocycles. The Hall–Kier alpha value is -1.90. The van der Waals surface area contributed by atoms with Crippen LogP contribution in [-0.2, 0) is 21.3 Å². The Morgan fingerprint density at radius 1 is 1.41 bits per heavy atom. The first kappa shape index (κ1) is 19.9. The van der Waals surface area contributed by atoms with Gasteiger partial charge < -0.3 is 9.47 Å².